The number of aromatic nitrogens is 2. The zero-order chi connectivity index (χ0) is 21.3. The number of nitrogens with zero attached hydrogens (tertiary/aromatic N) is 2. The molecule has 0 amide bonds. The summed E-state index contributed by atoms with van der Waals surface area (Å²) in [6, 6.07) is 9.64. The second-order valence-corrected chi connectivity index (χ2v) is 9.45. The van der Waals surface area contributed by atoms with Crippen molar-refractivity contribution in [3.05, 3.63) is 80.7 Å². The Bertz CT molecular complexity index is 1340. The fourth-order valence-electron chi connectivity index (χ4n) is 3.47. The van der Waals surface area contributed by atoms with E-state index in [-0.39, 0.29) is 10.5 Å². The number of sulfonamides is 1. The van der Waals surface area contributed by atoms with E-state index in [1.165, 1.54) is 16.7 Å². The molecule has 0 fully saturated rings. The minimum atomic E-state index is -3.89. The quantitative estimate of drug-likeness (QED) is 0.471. The highest BCUT2D eigenvalue weighted by atomic mass is 32.2. The number of benzene rings is 1. The Kier molecular flexibility index (Phi) is 5.59. The largest absolute Gasteiger partial charge is 0.419 e. The standard InChI is InChI=1S/C21H21N3O4S2/c1-3-24-18-7-6-16(12-19(18)28-21(24)25)30(26,27)23-17(11-15-8-10-29-13-15)20-14(2)5-4-9-22-20/h4-10,12-13,17,23H,3,11H2,1-2H3/t17-/m0/s1. The Balaban J connectivity index is 1.72. The van der Waals surface area contributed by atoms with E-state index in [9.17, 15) is 13.2 Å². The SMILES string of the molecule is CCn1c(=O)oc2cc(S(=O)(=O)N[C@@H](Cc3ccsc3)c3ncccc3C)ccc21. The minimum absolute atomic E-state index is 0.0379. The molecular formula is C21H21N3O4S2. The molecule has 0 unspecified atom stereocenters. The number of fused-ring (bicyclic) bond motifs is 1. The topological polar surface area (TPSA) is 94.2 Å². The smallest absolute Gasteiger partial charge is 0.408 e. The number of nitrogens with one attached hydrogen (secondary N) is 1. The summed E-state index contributed by atoms with van der Waals surface area (Å²) in [7, 11) is -3.89. The Morgan fingerprint density at radius 1 is 1.27 bits per heavy atom. The van der Waals surface area contributed by atoms with Crippen LogP contribution in [0.3, 0.4) is 0 Å². The van der Waals surface area contributed by atoms with Crippen molar-refractivity contribution < 1.29 is 12.8 Å². The molecule has 0 saturated heterocycles. The highest BCUT2D eigenvalue weighted by Gasteiger charge is 2.25. The normalized spacial score (nSPS) is 13.0. The summed E-state index contributed by atoms with van der Waals surface area (Å²) in [5.74, 6) is -0.505. The van der Waals surface area contributed by atoms with E-state index in [1.807, 2.05) is 42.8 Å². The van der Waals surface area contributed by atoms with Crippen LogP contribution in [-0.4, -0.2) is 18.0 Å². The molecule has 0 aliphatic heterocycles. The van der Waals surface area contributed by atoms with Crippen molar-refractivity contribution in [2.75, 3.05) is 0 Å². The molecule has 0 bridgehead atoms. The maximum Gasteiger partial charge on any atom is 0.419 e. The lowest BCUT2D eigenvalue weighted by Crippen LogP contribution is -2.31. The Hall–Kier alpha value is -2.75. The Morgan fingerprint density at radius 2 is 2.10 bits per heavy atom. The van der Waals surface area contributed by atoms with Crippen molar-refractivity contribution in [3.63, 3.8) is 0 Å². The van der Waals surface area contributed by atoms with Gasteiger partial charge in [-0.15, -0.1) is 0 Å². The molecular weight excluding hydrogens is 422 g/mol. The molecule has 30 heavy (non-hydrogen) atoms. The maximum atomic E-state index is 13.2. The van der Waals surface area contributed by atoms with Gasteiger partial charge in [0.25, 0.3) is 0 Å². The molecule has 1 aromatic carbocycles. The molecule has 1 atom stereocenters. The van der Waals surface area contributed by atoms with E-state index < -0.39 is 21.8 Å². The summed E-state index contributed by atoms with van der Waals surface area (Å²) in [6.07, 6.45) is 2.13. The number of aryl methyl sites for hydroxylation is 2. The zero-order valence-electron chi connectivity index (χ0n) is 16.5. The van der Waals surface area contributed by atoms with E-state index in [1.54, 1.807) is 23.6 Å². The van der Waals surface area contributed by atoms with Gasteiger partial charge >= 0.3 is 5.76 Å². The summed E-state index contributed by atoms with van der Waals surface area (Å²) in [6.45, 7) is 4.18. The summed E-state index contributed by atoms with van der Waals surface area (Å²) < 4.78 is 35.9. The van der Waals surface area contributed by atoms with Crippen LogP contribution in [-0.2, 0) is 23.0 Å². The number of thiophene rings is 1. The summed E-state index contributed by atoms with van der Waals surface area (Å²) in [4.78, 5) is 16.4. The summed E-state index contributed by atoms with van der Waals surface area (Å²) in [5, 5.41) is 3.95. The van der Waals surface area contributed by atoms with Crippen molar-refractivity contribution in [1.82, 2.24) is 14.3 Å². The van der Waals surface area contributed by atoms with Crippen LogP contribution in [0.1, 0.15) is 29.8 Å². The lowest BCUT2D eigenvalue weighted by Gasteiger charge is -2.19. The lowest BCUT2D eigenvalue weighted by molar-refractivity contribution is 0.512. The molecule has 4 rings (SSSR count). The fourth-order valence-corrected chi connectivity index (χ4v) is 5.37. The third kappa shape index (κ3) is 3.96. The van der Waals surface area contributed by atoms with Crippen molar-refractivity contribution >= 4 is 32.5 Å². The van der Waals surface area contributed by atoms with Gasteiger partial charge in [-0.3, -0.25) is 9.55 Å². The van der Waals surface area contributed by atoms with Crippen molar-refractivity contribution in [2.45, 2.75) is 37.8 Å². The Morgan fingerprint density at radius 3 is 2.80 bits per heavy atom. The average Bonchev–Trinajstić information content (AvgIpc) is 3.33. The van der Waals surface area contributed by atoms with Crippen LogP contribution in [0, 0.1) is 6.92 Å². The number of hydrogen-bond acceptors (Lipinski definition) is 6. The first kappa shape index (κ1) is 20.5. The monoisotopic (exact) mass is 443 g/mol. The predicted octanol–water partition coefficient (Wildman–Crippen LogP) is 3.64. The van der Waals surface area contributed by atoms with Crippen LogP contribution in [0.5, 0.6) is 0 Å². The molecule has 156 valence electrons. The molecule has 7 nitrogen and oxygen atoms in total. The number of hydrogen-bond donors (Lipinski definition) is 1. The first-order valence-electron chi connectivity index (χ1n) is 9.47. The second kappa shape index (κ2) is 8.17. The molecule has 9 heteroatoms. The number of rotatable bonds is 7. The van der Waals surface area contributed by atoms with Crippen LogP contribution >= 0.6 is 11.3 Å². The third-order valence-corrected chi connectivity index (χ3v) is 7.16. The first-order chi connectivity index (χ1) is 14.4. The molecule has 0 saturated carbocycles. The average molecular weight is 444 g/mol. The van der Waals surface area contributed by atoms with Gasteiger partial charge in [0.1, 0.15) is 0 Å². The van der Waals surface area contributed by atoms with Crippen molar-refractivity contribution in [2.24, 2.45) is 0 Å². The molecule has 1 N–H and O–H groups in total. The molecule has 3 heterocycles. The second-order valence-electron chi connectivity index (χ2n) is 6.96. The van der Waals surface area contributed by atoms with Crippen LogP contribution in [0.2, 0.25) is 0 Å². The maximum absolute atomic E-state index is 13.2. The first-order valence-corrected chi connectivity index (χ1v) is 11.9. The molecule has 0 aliphatic carbocycles. The zero-order valence-corrected chi connectivity index (χ0v) is 18.2. The van der Waals surface area contributed by atoms with Gasteiger partial charge in [0.15, 0.2) is 5.58 Å². The molecule has 0 spiro atoms. The van der Waals surface area contributed by atoms with Gasteiger partial charge in [0.05, 0.1) is 22.1 Å². The van der Waals surface area contributed by atoms with Crippen LogP contribution < -0.4 is 10.5 Å². The van der Waals surface area contributed by atoms with Gasteiger partial charge in [0, 0.05) is 18.8 Å². The molecule has 0 radical (unpaired) electrons. The highest BCUT2D eigenvalue weighted by molar-refractivity contribution is 7.89. The lowest BCUT2D eigenvalue weighted by atomic mass is 10.0. The highest BCUT2D eigenvalue weighted by Crippen LogP contribution is 2.25. The van der Waals surface area contributed by atoms with Gasteiger partial charge in [0.2, 0.25) is 10.0 Å². The van der Waals surface area contributed by atoms with E-state index >= 15 is 0 Å². The van der Waals surface area contributed by atoms with Gasteiger partial charge < -0.3 is 4.42 Å². The van der Waals surface area contributed by atoms with Gasteiger partial charge in [-0.2, -0.15) is 11.3 Å². The Labute approximate surface area is 178 Å². The van der Waals surface area contributed by atoms with E-state index in [2.05, 4.69) is 9.71 Å². The van der Waals surface area contributed by atoms with Crippen molar-refractivity contribution in [1.29, 1.82) is 0 Å². The molecule has 0 aliphatic rings. The number of pyridine rings is 1. The van der Waals surface area contributed by atoms with E-state index in [4.69, 9.17) is 4.42 Å². The van der Waals surface area contributed by atoms with Gasteiger partial charge in [-0.25, -0.2) is 17.9 Å². The van der Waals surface area contributed by atoms with Gasteiger partial charge in [-0.1, -0.05) is 6.07 Å². The van der Waals surface area contributed by atoms with Crippen molar-refractivity contribution in [3.8, 4) is 0 Å². The fraction of sp³-hybridized carbons (Fsp3) is 0.238. The van der Waals surface area contributed by atoms with E-state index in [0.29, 0.717) is 24.2 Å². The third-order valence-electron chi connectivity index (χ3n) is 4.96. The van der Waals surface area contributed by atoms with E-state index in [0.717, 1.165) is 11.1 Å². The van der Waals surface area contributed by atoms with Gasteiger partial charge in [-0.05, 0) is 66.4 Å². The minimum Gasteiger partial charge on any atom is -0.408 e. The summed E-state index contributed by atoms with van der Waals surface area (Å²) >= 11 is 1.56. The molecule has 3 aromatic heterocycles. The van der Waals surface area contributed by atoms with Crippen LogP contribution in [0.25, 0.3) is 11.1 Å². The predicted molar refractivity (Wildman–Crippen MR) is 116 cm³/mol. The molecule has 4 aromatic rings. The summed E-state index contributed by atoms with van der Waals surface area (Å²) in [5.41, 5.74) is 3.42. The van der Waals surface area contributed by atoms with Crippen LogP contribution in [0.4, 0.5) is 0 Å². The van der Waals surface area contributed by atoms with Crippen LogP contribution in [0.15, 0.2) is 67.5 Å². The number of oxazole rings is 1.